The zero-order valence-corrected chi connectivity index (χ0v) is 9.74. The molecule has 0 bridgehead atoms. The van der Waals surface area contributed by atoms with Gasteiger partial charge in [-0.2, -0.15) is 0 Å². The molecule has 0 fully saturated rings. The van der Waals surface area contributed by atoms with Gasteiger partial charge in [-0.1, -0.05) is 38.0 Å². The van der Waals surface area contributed by atoms with Crippen LogP contribution in [0, 0.1) is 0 Å². The average molecular weight is 214 g/mol. The topological polar surface area (TPSA) is 38.9 Å². The summed E-state index contributed by atoms with van der Waals surface area (Å²) in [5.74, 6) is 0. The highest BCUT2D eigenvalue weighted by Crippen LogP contribution is 2.20. The van der Waals surface area contributed by atoms with Crippen LogP contribution in [0.25, 0.3) is 10.9 Å². The van der Waals surface area contributed by atoms with Gasteiger partial charge in [-0.15, -0.1) is 0 Å². The molecule has 0 atom stereocenters. The summed E-state index contributed by atoms with van der Waals surface area (Å²) in [7, 11) is 0. The standard InChI is InChI=1S/C14H18N2/c1-2-3-4-7-11-10-13(15)12-8-5-6-9-14(12)16-11/h5-6,8-10H,2-4,7H2,1H3,(H2,15,16). The van der Waals surface area contributed by atoms with E-state index in [0.29, 0.717) is 0 Å². The molecule has 0 aliphatic rings. The van der Waals surface area contributed by atoms with Crippen molar-refractivity contribution in [2.24, 2.45) is 0 Å². The smallest absolute Gasteiger partial charge is 0.0725 e. The molecule has 0 unspecified atom stereocenters. The van der Waals surface area contributed by atoms with Gasteiger partial charge in [-0.25, -0.2) is 0 Å². The van der Waals surface area contributed by atoms with Crippen molar-refractivity contribution >= 4 is 16.6 Å². The number of aromatic nitrogens is 1. The molecular formula is C14H18N2. The third-order valence-electron chi connectivity index (χ3n) is 2.84. The SMILES string of the molecule is CCCCCc1cc(N)c2ccccc2n1. The average Bonchev–Trinajstić information content (AvgIpc) is 2.30. The Kier molecular flexibility index (Phi) is 3.40. The largest absolute Gasteiger partial charge is 0.398 e. The maximum Gasteiger partial charge on any atom is 0.0725 e. The highest BCUT2D eigenvalue weighted by Gasteiger charge is 2.02. The Bertz CT molecular complexity index is 477. The monoisotopic (exact) mass is 214 g/mol. The van der Waals surface area contributed by atoms with Crippen LogP contribution in [0.1, 0.15) is 31.9 Å². The molecule has 84 valence electrons. The van der Waals surface area contributed by atoms with Crippen LogP contribution in [-0.4, -0.2) is 4.98 Å². The van der Waals surface area contributed by atoms with Gasteiger partial charge in [0.15, 0.2) is 0 Å². The van der Waals surface area contributed by atoms with Crippen LogP contribution < -0.4 is 5.73 Å². The van der Waals surface area contributed by atoms with E-state index in [4.69, 9.17) is 5.73 Å². The van der Waals surface area contributed by atoms with E-state index in [9.17, 15) is 0 Å². The molecule has 2 N–H and O–H groups in total. The molecular weight excluding hydrogens is 196 g/mol. The molecule has 0 spiro atoms. The third-order valence-corrected chi connectivity index (χ3v) is 2.84. The maximum absolute atomic E-state index is 6.02. The van der Waals surface area contributed by atoms with Crippen molar-refractivity contribution in [1.82, 2.24) is 4.98 Å². The number of fused-ring (bicyclic) bond motifs is 1. The summed E-state index contributed by atoms with van der Waals surface area (Å²) in [4.78, 5) is 4.63. The molecule has 2 aromatic rings. The van der Waals surface area contributed by atoms with Crippen molar-refractivity contribution < 1.29 is 0 Å². The fourth-order valence-corrected chi connectivity index (χ4v) is 1.94. The van der Waals surface area contributed by atoms with Crippen molar-refractivity contribution in [1.29, 1.82) is 0 Å². The van der Waals surface area contributed by atoms with Crippen molar-refractivity contribution in [3.63, 3.8) is 0 Å². The third kappa shape index (κ3) is 2.32. The minimum absolute atomic E-state index is 0.845. The first kappa shape index (κ1) is 10.9. The molecule has 16 heavy (non-hydrogen) atoms. The summed E-state index contributed by atoms with van der Waals surface area (Å²) in [6.45, 7) is 2.21. The molecule has 1 aromatic heterocycles. The zero-order valence-electron chi connectivity index (χ0n) is 9.74. The molecule has 0 saturated heterocycles. The minimum Gasteiger partial charge on any atom is -0.398 e. The maximum atomic E-state index is 6.02. The number of pyridine rings is 1. The van der Waals surface area contributed by atoms with Crippen molar-refractivity contribution in [2.45, 2.75) is 32.6 Å². The molecule has 0 radical (unpaired) electrons. The van der Waals surface area contributed by atoms with Gasteiger partial charge in [0.2, 0.25) is 0 Å². The number of nitrogens with zero attached hydrogens (tertiary/aromatic N) is 1. The lowest BCUT2D eigenvalue weighted by atomic mass is 10.1. The fraction of sp³-hybridized carbons (Fsp3) is 0.357. The number of rotatable bonds is 4. The second-order valence-electron chi connectivity index (χ2n) is 4.18. The van der Waals surface area contributed by atoms with Crippen LogP contribution in [0.15, 0.2) is 30.3 Å². The van der Waals surface area contributed by atoms with Crippen molar-refractivity contribution in [3.8, 4) is 0 Å². The predicted molar refractivity (Wildman–Crippen MR) is 69.4 cm³/mol. The summed E-state index contributed by atoms with van der Waals surface area (Å²) in [5, 5.41) is 1.06. The van der Waals surface area contributed by atoms with E-state index in [1.807, 2.05) is 30.3 Å². The lowest BCUT2D eigenvalue weighted by Crippen LogP contribution is -1.96. The zero-order chi connectivity index (χ0) is 11.4. The van der Waals surface area contributed by atoms with Gasteiger partial charge < -0.3 is 5.73 Å². The molecule has 0 amide bonds. The number of anilines is 1. The second kappa shape index (κ2) is 4.97. The summed E-state index contributed by atoms with van der Waals surface area (Å²) in [6.07, 6.45) is 4.72. The number of aryl methyl sites for hydroxylation is 1. The Morgan fingerprint density at radius 2 is 2.00 bits per heavy atom. The van der Waals surface area contributed by atoms with E-state index >= 15 is 0 Å². The van der Waals surface area contributed by atoms with E-state index in [2.05, 4.69) is 11.9 Å². The normalized spacial score (nSPS) is 10.8. The number of unbranched alkanes of at least 4 members (excludes halogenated alkanes) is 2. The van der Waals surface area contributed by atoms with Crippen LogP contribution in [0.4, 0.5) is 5.69 Å². The van der Waals surface area contributed by atoms with Gasteiger partial charge in [0.25, 0.3) is 0 Å². The van der Waals surface area contributed by atoms with E-state index < -0.39 is 0 Å². The van der Waals surface area contributed by atoms with Gasteiger partial charge >= 0.3 is 0 Å². The number of hydrogen-bond acceptors (Lipinski definition) is 2. The summed E-state index contributed by atoms with van der Waals surface area (Å²) in [6, 6.07) is 10.1. The van der Waals surface area contributed by atoms with E-state index in [1.54, 1.807) is 0 Å². The Hall–Kier alpha value is -1.57. The predicted octanol–water partition coefficient (Wildman–Crippen LogP) is 3.55. The van der Waals surface area contributed by atoms with Gasteiger partial charge in [0, 0.05) is 16.8 Å². The number of nitrogen functional groups attached to an aromatic ring is 1. The fourth-order valence-electron chi connectivity index (χ4n) is 1.94. The van der Waals surface area contributed by atoms with Crippen molar-refractivity contribution in [3.05, 3.63) is 36.0 Å². The summed E-state index contributed by atoms with van der Waals surface area (Å²) in [5.41, 5.74) is 8.99. The van der Waals surface area contributed by atoms with Crippen molar-refractivity contribution in [2.75, 3.05) is 5.73 Å². The molecule has 0 saturated carbocycles. The first-order valence-corrected chi connectivity index (χ1v) is 5.95. The Morgan fingerprint density at radius 1 is 1.19 bits per heavy atom. The van der Waals surface area contributed by atoms with Gasteiger partial charge in [-0.3, -0.25) is 4.98 Å². The quantitative estimate of drug-likeness (QED) is 0.790. The highest BCUT2D eigenvalue weighted by molar-refractivity contribution is 5.90. The molecule has 0 aliphatic heterocycles. The van der Waals surface area contributed by atoms with Crippen LogP contribution in [0.5, 0.6) is 0 Å². The number of benzene rings is 1. The molecule has 1 aromatic carbocycles. The molecule has 2 nitrogen and oxygen atoms in total. The van der Waals surface area contributed by atoms with E-state index in [0.717, 1.165) is 28.7 Å². The van der Waals surface area contributed by atoms with Crippen LogP contribution in [0.3, 0.4) is 0 Å². The number of para-hydroxylation sites is 1. The molecule has 2 heteroatoms. The Morgan fingerprint density at radius 3 is 2.81 bits per heavy atom. The van der Waals surface area contributed by atoms with E-state index in [1.165, 1.54) is 19.3 Å². The summed E-state index contributed by atoms with van der Waals surface area (Å²) >= 11 is 0. The van der Waals surface area contributed by atoms with Gasteiger partial charge in [-0.05, 0) is 25.0 Å². The van der Waals surface area contributed by atoms with Crippen LogP contribution in [0.2, 0.25) is 0 Å². The van der Waals surface area contributed by atoms with Gasteiger partial charge in [0.05, 0.1) is 5.52 Å². The lowest BCUT2D eigenvalue weighted by molar-refractivity contribution is 0.709. The van der Waals surface area contributed by atoms with E-state index in [-0.39, 0.29) is 0 Å². The Balaban J connectivity index is 2.27. The second-order valence-corrected chi connectivity index (χ2v) is 4.18. The van der Waals surface area contributed by atoms with Gasteiger partial charge in [0.1, 0.15) is 0 Å². The van der Waals surface area contributed by atoms with Crippen LogP contribution >= 0.6 is 0 Å². The summed E-state index contributed by atoms with van der Waals surface area (Å²) < 4.78 is 0. The number of hydrogen-bond donors (Lipinski definition) is 1. The highest BCUT2D eigenvalue weighted by atomic mass is 14.7. The first-order chi connectivity index (χ1) is 7.81. The first-order valence-electron chi connectivity index (χ1n) is 5.95. The number of nitrogens with two attached hydrogens (primary N) is 1. The minimum atomic E-state index is 0.845. The molecule has 2 rings (SSSR count). The molecule has 1 heterocycles. The molecule has 0 aliphatic carbocycles. The Labute approximate surface area is 96.5 Å². The van der Waals surface area contributed by atoms with Crippen LogP contribution in [-0.2, 0) is 6.42 Å². The lowest BCUT2D eigenvalue weighted by Gasteiger charge is -2.05.